The fourth-order valence-corrected chi connectivity index (χ4v) is 3.30. The van der Waals surface area contributed by atoms with Crippen molar-refractivity contribution in [3.05, 3.63) is 11.6 Å². The lowest BCUT2D eigenvalue weighted by Gasteiger charge is -2.15. The molecule has 3 unspecified atom stereocenters. The number of aromatic nitrogens is 3. The average Bonchev–Trinajstić information content (AvgIpc) is 2.89. The molecule has 0 aromatic carbocycles. The summed E-state index contributed by atoms with van der Waals surface area (Å²) >= 11 is 0. The van der Waals surface area contributed by atoms with E-state index in [-0.39, 0.29) is 11.8 Å². The number of carboxylic acid groups (broad SMARTS) is 1. The molecule has 1 N–H and O–H groups in total. The van der Waals surface area contributed by atoms with Gasteiger partial charge in [0, 0.05) is 18.9 Å². The van der Waals surface area contributed by atoms with E-state index in [9.17, 15) is 9.90 Å². The largest absolute Gasteiger partial charge is 0.481 e. The number of rotatable bonds is 2. The number of nitrogens with zero attached hydrogens (tertiary/aromatic N) is 3. The van der Waals surface area contributed by atoms with Crippen molar-refractivity contribution >= 4 is 5.97 Å². The Kier molecular flexibility index (Phi) is 2.42. The Balaban J connectivity index is 1.94. The van der Waals surface area contributed by atoms with Crippen molar-refractivity contribution in [3.8, 4) is 0 Å². The molecule has 1 saturated carbocycles. The van der Waals surface area contributed by atoms with Crippen LogP contribution >= 0.6 is 0 Å². The lowest BCUT2D eigenvalue weighted by Crippen LogP contribution is -2.19. The SMILES string of the molecule is CC1CC(C(=O)O)C(c2nnc3n2CCC3)C1. The van der Waals surface area contributed by atoms with Crippen LogP contribution in [0, 0.1) is 11.8 Å². The first-order valence-corrected chi connectivity index (χ1v) is 6.31. The molecule has 0 bridgehead atoms. The summed E-state index contributed by atoms with van der Waals surface area (Å²) < 4.78 is 2.14. The topological polar surface area (TPSA) is 68.0 Å². The lowest BCUT2D eigenvalue weighted by molar-refractivity contribution is -0.142. The van der Waals surface area contributed by atoms with Gasteiger partial charge >= 0.3 is 5.97 Å². The normalized spacial score (nSPS) is 31.7. The van der Waals surface area contributed by atoms with Gasteiger partial charge in [0.05, 0.1) is 5.92 Å². The predicted molar refractivity (Wildman–Crippen MR) is 60.6 cm³/mol. The highest BCUT2D eigenvalue weighted by Gasteiger charge is 2.41. The highest BCUT2D eigenvalue weighted by atomic mass is 16.4. The molecule has 17 heavy (non-hydrogen) atoms. The van der Waals surface area contributed by atoms with Crippen LogP contribution in [0.4, 0.5) is 0 Å². The van der Waals surface area contributed by atoms with E-state index in [1.54, 1.807) is 0 Å². The lowest BCUT2D eigenvalue weighted by atomic mass is 9.95. The minimum atomic E-state index is -0.685. The molecule has 1 aliphatic carbocycles. The third kappa shape index (κ3) is 1.64. The number of fused-ring (bicyclic) bond motifs is 1. The van der Waals surface area contributed by atoms with E-state index >= 15 is 0 Å². The minimum absolute atomic E-state index is 0.0573. The number of aliphatic carboxylic acids is 1. The van der Waals surface area contributed by atoms with Crippen molar-refractivity contribution < 1.29 is 9.90 Å². The van der Waals surface area contributed by atoms with E-state index in [2.05, 4.69) is 21.7 Å². The molecule has 0 radical (unpaired) electrons. The van der Waals surface area contributed by atoms with E-state index in [1.807, 2.05) is 0 Å². The van der Waals surface area contributed by atoms with Crippen LogP contribution < -0.4 is 0 Å². The van der Waals surface area contributed by atoms with Crippen LogP contribution in [0.1, 0.15) is 43.8 Å². The molecule has 0 saturated heterocycles. The summed E-state index contributed by atoms with van der Waals surface area (Å²) in [4.78, 5) is 11.3. The molecule has 3 atom stereocenters. The van der Waals surface area contributed by atoms with Gasteiger partial charge in [0.2, 0.25) is 0 Å². The molecule has 92 valence electrons. The Labute approximate surface area is 99.9 Å². The van der Waals surface area contributed by atoms with Gasteiger partial charge in [-0.15, -0.1) is 10.2 Å². The molecule has 1 fully saturated rings. The molecule has 5 heteroatoms. The first-order chi connectivity index (χ1) is 8.16. The van der Waals surface area contributed by atoms with Crippen molar-refractivity contribution in [1.29, 1.82) is 0 Å². The van der Waals surface area contributed by atoms with Crippen LogP contribution in [0.2, 0.25) is 0 Å². The smallest absolute Gasteiger partial charge is 0.307 e. The van der Waals surface area contributed by atoms with Crippen LogP contribution in [0.15, 0.2) is 0 Å². The van der Waals surface area contributed by atoms with Gasteiger partial charge in [-0.3, -0.25) is 4.79 Å². The summed E-state index contributed by atoms with van der Waals surface area (Å²) in [6.45, 7) is 3.08. The molecule has 2 heterocycles. The van der Waals surface area contributed by atoms with Crippen molar-refractivity contribution in [2.24, 2.45) is 11.8 Å². The zero-order valence-electron chi connectivity index (χ0n) is 9.96. The van der Waals surface area contributed by atoms with Gasteiger partial charge in [0.25, 0.3) is 0 Å². The van der Waals surface area contributed by atoms with Gasteiger partial charge in [-0.1, -0.05) is 6.92 Å². The van der Waals surface area contributed by atoms with Crippen LogP contribution in [0.25, 0.3) is 0 Å². The zero-order valence-corrected chi connectivity index (χ0v) is 9.96. The number of carbonyl (C=O) groups is 1. The zero-order chi connectivity index (χ0) is 12.0. The summed E-state index contributed by atoms with van der Waals surface area (Å²) in [5, 5.41) is 17.7. The highest BCUT2D eigenvalue weighted by Crippen LogP contribution is 2.43. The molecule has 3 rings (SSSR count). The monoisotopic (exact) mass is 235 g/mol. The molecule has 5 nitrogen and oxygen atoms in total. The third-order valence-corrected chi connectivity index (χ3v) is 4.09. The number of aryl methyl sites for hydroxylation is 1. The fourth-order valence-electron chi connectivity index (χ4n) is 3.30. The van der Waals surface area contributed by atoms with E-state index in [4.69, 9.17) is 0 Å². The Hall–Kier alpha value is -1.39. The fraction of sp³-hybridized carbons (Fsp3) is 0.750. The molecule has 2 aliphatic rings. The van der Waals surface area contributed by atoms with Crippen molar-refractivity contribution in [2.75, 3.05) is 0 Å². The number of hydrogen-bond donors (Lipinski definition) is 1. The average molecular weight is 235 g/mol. The van der Waals surface area contributed by atoms with Gasteiger partial charge in [-0.2, -0.15) is 0 Å². The van der Waals surface area contributed by atoms with Gasteiger partial charge in [0.15, 0.2) is 0 Å². The predicted octanol–water partition coefficient (Wildman–Crippen LogP) is 1.44. The first kappa shape index (κ1) is 10.7. The van der Waals surface area contributed by atoms with Crippen molar-refractivity contribution in [1.82, 2.24) is 14.8 Å². The van der Waals surface area contributed by atoms with Gasteiger partial charge in [0.1, 0.15) is 11.6 Å². The maximum absolute atomic E-state index is 11.3. The quantitative estimate of drug-likeness (QED) is 0.842. The second-order valence-corrected chi connectivity index (χ2v) is 5.36. The Morgan fingerprint density at radius 3 is 3.00 bits per heavy atom. The molecule has 1 aromatic rings. The third-order valence-electron chi connectivity index (χ3n) is 4.09. The van der Waals surface area contributed by atoms with Gasteiger partial charge in [-0.05, 0) is 25.2 Å². The Morgan fingerprint density at radius 2 is 2.24 bits per heavy atom. The standard InChI is InChI=1S/C12H17N3O2/c1-7-5-8(9(6-7)12(16)17)11-14-13-10-3-2-4-15(10)11/h7-9H,2-6H2,1H3,(H,16,17). The highest BCUT2D eigenvalue weighted by molar-refractivity contribution is 5.71. The van der Waals surface area contributed by atoms with E-state index in [1.165, 1.54) is 0 Å². The molecule has 1 aromatic heterocycles. The maximum Gasteiger partial charge on any atom is 0.307 e. The van der Waals surface area contributed by atoms with E-state index in [0.29, 0.717) is 5.92 Å². The van der Waals surface area contributed by atoms with Crippen molar-refractivity contribution in [2.45, 2.75) is 45.1 Å². The van der Waals surface area contributed by atoms with Gasteiger partial charge in [-0.25, -0.2) is 0 Å². The number of carboxylic acids is 1. The molecular formula is C12H17N3O2. The first-order valence-electron chi connectivity index (χ1n) is 6.31. The summed E-state index contributed by atoms with van der Waals surface area (Å²) in [6, 6.07) is 0. The summed E-state index contributed by atoms with van der Waals surface area (Å²) in [7, 11) is 0. The van der Waals surface area contributed by atoms with Crippen LogP contribution in [0.5, 0.6) is 0 Å². The van der Waals surface area contributed by atoms with Crippen LogP contribution in [-0.2, 0) is 17.8 Å². The Morgan fingerprint density at radius 1 is 1.41 bits per heavy atom. The van der Waals surface area contributed by atoms with Gasteiger partial charge < -0.3 is 9.67 Å². The molecular weight excluding hydrogens is 218 g/mol. The second-order valence-electron chi connectivity index (χ2n) is 5.36. The second kappa shape index (κ2) is 3.82. The van der Waals surface area contributed by atoms with E-state index in [0.717, 1.165) is 43.9 Å². The summed E-state index contributed by atoms with van der Waals surface area (Å²) in [6.07, 6.45) is 3.78. The van der Waals surface area contributed by atoms with E-state index < -0.39 is 5.97 Å². The summed E-state index contributed by atoms with van der Waals surface area (Å²) in [5.74, 6) is 1.50. The molecule has 1 aliphatic heterocycles. The minimum Gasteiger partial charge on any atom is -0.481 e. The molecule has 0 spiro atoms. The number of hydrogen-bond acceptors (Lipinski definition) is 3. The van der Waals surface area contributed by atoms with Crippen LogP contribution in [0.3, 0.4) is 0 Å². The summed E-state index contributed by atoms with van der Waals surface area (Å²) in [5.41, 5.74) is 0. The maximum atomic E-state index is 11.3. The Bertz CT molecular complexity index is 455. The van der Waals surface area contributed by atoms with Crippen molar-refractivity contribution in [3.63, 3.8) is 0 Å². The molecule has 0 amide bonds. The van der Waals surface area contributed by atoms with Crippen LogP contribution in [-0.4, -0.2) is 25.8 Å².